The van der Waals surface area contributed by atoms with Crippen LogP contribution in [0.1, 0.15) is 0 Å². The molecule has 6 nitrogen and oxygen atoms in total. The Hall–Kier alpha value is -3.67. The molecule has 0 aromatic heterocycles. The van der Waals surface area contributed by atoms with Gasteiger partial charge in [-0.05, 0) is 48.5 Å². The Morgan fingerprint density at radius 1 is 0.815 bits per heavy atom. The first-order chi connectivity index (χ1) is 13.3. The van der Waals surface area contributed by atoms with Crippen LogP contribution in [0.2, 0.25) is 0 Å². The first kappa shape index (κ1) is 16.8. The van der Waals surface area contributed by atoms with Crippen LogP contribution < -0.4 is 14.8 Å². The van der Waals surface area contributed by atoms with Gasteiger partial charge in [0.15, 0.2) is 11.5 Å². The van der Waals surface area contributed by atoms with Gasteiger partial charge < -0.3 is 14.8 Å². The topological polar surface area (TPSA) is 72.3 Å². The fourth-order valence-corrected chi connectivity index (χ4v) is 2.59. The maximum absolute atomic E-state index is 12.4. The SMILES string of the molecule is O=C(Nc1ccc(N=Nc2ccccc2)cc1)[C@H]1COc2ccccc2O1. The van der Waals surface area contributed by atoms with E-state index in [0.29, 0.717) is 22.9 Å². The molecule has 6 heteroatoms. The minimum absolute atomic E-state index is 0.173. The molecule has 0 radical (unpaired) electrons. The highest BCUT2D eigenvalue weighted by Gasteiger charge is 2.27. The predicted octanol–water partition coefficient (Wildman–Crippen LogP) is 4.88. The highest BCUT2D eigenvalue weighted by atomic mass is 16.6. The number of ether oxygens (including phenoxy) is 2. The second kappa shape index (κ2) is 7.70. The lowest BCUT2D eigenvalue weighted by molar-refractivity contribution is -0.125. The monoisotopic (exact) mass is 359 g/mol. The molecule has 3 aromatic carbocycles. The van der Waals surface area contributed by atoms with E-state index in [1.807, 2.05) is 48.5 Å². The Morgan fingerprint density at radius 2 is 1.44 bits per heavy atom. The molecular weight excluding hydrogens is 342 g/mol. The lowest BCUT2D eigenvalue weighted by Gasteiger charge is -2.25. The minimum atomic E-state index is -0.697. The quantitative estimate of drug-likeness (QED) is 0.675. The van der Waals surface area contributed by atoms with E-state index in [-0.39, 0.29) is 12.5 Å². The molecule has 3 aromatic rings. The molecule has 1 N–H and O–H groups in total. The van der Waals surface area contributed by atoms with Crippen molar-refractivity contribution in [1.29, 1.82) is 0 Å². The lowest BCUT2D eigenvalue weighted by atomic mass is 10.2. The van der Waals surface area contributed by atoms with Crippen molar-refractivity contribution in [3.05, 3.63) is 78.9 Å². The number of hydrogen-bond acceptors (Lipinski definition) is 5. The van der Waals surface area contributed by atoms with Crippen molar-refractivity contribution in [3.8, 4) is 11.5 Å². The van der Waals surface area contributed by atoms with E-state index < -0.39 is 6.10 Å². The van der Waals surface area contributed by atoms with E-state index in [4.69, 9.17) is 9.47 Å². The summed E-state index contributed by atoms with van der Waals surface area (Å²) in [6.07, 6.45) is -0.697. The second-order valence-electron chi connectivity index (χ2n) is 5.94. The highest BCUT2D eigenvalue weighted by Crippen LogP contribution is 2.31. The first-order valence-corrected chi connectivity index (χ1v) is 8.54. The number of amides is 1. The molecule has 1 aliphatic rings. The van der Waals surface area contributed by atoms with Crippen LogP contribution in [-0.4, -0.2) is 18.6 Å². The van der Waals surface area contributed by atoms with Gasteiger partial charge in [-0.25, -0.2) is 0 Å². The van der Waals surface area contributed by atoms with E-state index in [1.165, 1.54) is 0 Å². The lowest BCUT2D eigenvalue weighted by Crippen LogP contribution is -2.40. The zero-order valence-electron chi connectivity index (χ0n) is 14.4. The number of carbonyl (C=O) groups excluding carboxylic acids is 1. The Balaban J connectivity index is 1.37. The molecule has 1 atom stereocenters. The number of para-hydroxylation sites is 2. The molecule has 0 aliphatic carbocycles. The van der Waals surface area contributed by atoms with Crippen LogP contribution in [0.15, 0.2) is 89.1 Å². The van der Waals surface area contributed by atoms with Crippen LogP contribution in [0, 0.1) is 0 Å². The number of nitrogens with one attached hydrogen (secondary N) is 1. The Kier molecular flexibility index (Phi) is 4.78. The summed E-state index contributed by atoms with van der Waals surface area (Å²) in [6, 6.07) is 23.9. The number of azo groups is 1. The summed E-state index contributed by atoms with van der Waals surface area (Å²) in [4.78, 5) is 12.4. The highest BCUT2D eigenvalue weighted by molar-refractivity contribution is 5.94. The Bertz CT molecular complexity index is 956. The van der Waals surface area contributed by atoms with Gasteiger partial charge in [0.2, 0.25) is 6.10 Å². The fraction of sp³-hybridized carbons (Fsp3) is 0.0952. The van der Waals surface area contributed by atoms with Gasteiger partial charge in [0, 0.05) is 5.69 Å². The van der Waals surface area contributed by atoms with Gasteiger partial charge in [-0.15, -0.1) is 0 Å². The number of carbonyl (C=O) groups is 1. The largest absolute Gasteiger partial charge is 0.485 e. The van der Waals surface area contributed by atoms with Crippen LogP contribution in [-0.2, 0) is 4.79 Å². The molecule has 1 amide bonds. The van der Waals surface area contributed by atoms with Gasteiger partial charge in [0.05, 0.1) is 11.4 Å². The molecule has 4 rings (SSSR count). The average Bonchev–Trinajstić information content (AvgIpc) is 2.73. The van der Waals surface area contributed by atoms with Crippen molar-refractivity contribution in [2.24, 2.45) is 10.2 Å². The molecule has 134 valence electrons. The minimum Gasteiger partial charge on any atom is -0.485 e. The third-order valence-corrected chi connectivity index (χ3v) is 3.97. The maximum atomic E-state index is 12.4. The van der Waals surface area contributed by atoms with Gasteiger partial charge in [-0.2, -0.15) is 10.2 Å². The summed E-state index contributed by atoms with van der Waals surface area (Å²) >= 11 is 0. The Morgan fingerprint density at radius 3 is 2.19 bits per heavy atom. The number of anilines is 1. The van der Waals surface area contributed by atoms with Crippen molar-refractivity contribution in [3.63, 3.8) is 0 Å². The summed E-state index contributed by atoms with van der Waals surface area (Å²) in [5.74, 6) is 0.957. The summed E-state index contributed by atoms with van der Waals surface area (Å²) < 4.78 is 11.3. The van der Waals surface area contributed by atoms with Gasteiger partial charge in [-0.1, -0.05) is 30.3 Å². The fourth-order valence-electron chi connectivity index (χ4n) is 2.59. The van der Waals surface area contributed by atoms with Crippen molar-refractivity contribution < 1.29 is 14.3 Å². The van der Waals surface area contributed by atoms with E-state index in [9.17, 15) is 4.79 Å². The molecule has 0 saturated heterocycles. The molecule has 1 heterocycles. The summed E-state index contributed by atoms with van der Waals surface area (Å²) in [6.45, 7) is 0.173. The van der Waals surface area contributed by atoms with E-state index >= 15 is 0 Å². The Labute approximate surface area is 156 Å². The first-order valence-electron chi connectivity index (χ1n) is 8.54. The summed E-state index contributed by atoms with van der Waals surface area (Å²) in [5.41, 5.74) is 2.13. The van der Waals surface area contributed by atoms with Crippen LogP contribution in [0.25, 0.3) is 0 Å². The predicted molar refractivity (Wildman–Crippen MR) is 102 cm³/mol. The molecule has 0 fully saturated rings. The smallest absolute Gasteiger partial charge is 0.269 e. The van der Waals surface area contributed by atoms with Crippen molar-refractivity contribution in [1.82, 2.24) is 0 Å². The molecule has 1 aliphatic heterocycles. The number of hydrogen-bond donors (Lipinski definition) is 1. The van der Waals surface area contributed by atoms with Crippen LogP contribution in [0.4, 0.5) is 17.1 Å². The molecule has 0 saturated carbocycles. The summed E-state index contributed by atoms with van der Waals surface area (Å²) in [5, 5.41) is 11.2. The van der Waals surface area contributed by atoms with Crippen molar-refractivity contribution >= 4 is 23.0 Å². The van der Waals surface area contributed by atoms with Crippen LogP contribution >= 0.6 is 0 Å². The van der Waals surface area contributed by atoms with E-state index in [1.54, 1.807) is 30.3 Å². The zero-order valence-corrected chi connectivity index (χ0v) is 14.4. The normalized spacial score (nSPS) is 15.5. The number of nitrogens with zero attached hydrogens (tertiary/aromatic N) is 2. The second-order valence-corrected chi connectivity index (χ2v) is 5.94. The number of rotatable bonds is 4. The van der Waals surface area contributed by atoms with Crippen molar-refractivity contribution in [2.75, 3.05) is 11.9 Å². The van der Waals surface area contributed by atoms with Crippen LogP contribution in [0.3, 0.4) is 0 Å². The molecule has 27 heavy (non-hydrogen) atoms. The summed E-state index contributed by atoms with van der Waals surface area (Å²) in [7, 11) is 0. The van der Waals surface area contributed by atoms with E-state index in [0.717, 1.165) is 5.69 Å². The van der Waals surface area contributed by atoms with Gasteiger partial charge in [0.25, 0.3) is 5.91 Å². The molecule has 0 bridgehead atoms. The van der Waals surface area contributed by atoms with Gasteiger partial charge >= 0.3 is 0 Å². The van der Waals surface area contributed by atoms with Gasteiger partial charge in [0.1, 0.15) is 6.61 Å². The number of benzene rings is 3. The average molecular weight is 359 g/mol. The molecular formula is C21H17N3O3. The number of fused-ring (bicyclic) bond motifs is 1. The van der Waals surface area contributed by atoms with Crippen molar-refractivity contribution in [2.45, 2.75) is 6.10 Å². The van der Waals surface area contributed by atoms with E-state index in [2.05, 4.69) is 15.5 Å². The molecule has 0 spiro atoms. The van der Waals surface area contributed by atoms with Crippen LogP contribution in [0.5, 0.6) is 11.5 Å². The maximum Gasteiger partial charge on any atom is 0.269 e. The molecule has 0 unspecified atom stereocenters. The third kappa shape index (κ3) is 4.12. The third-order valence-electron chi connectivity index (χ3n) is 3.97. The standard InChI is InChI=1S/C21H17N3O3/c25-21(20-14-26-18-8-4-5-9-19(18)27-20)22-15-10-12-17(13-11-15)24-23-16-6-2-1-3-7-16/h1-13,20H,14H2,(H,22,25)/t20-/m1/s1. The van der Waals surface area contributed by atoms with Gasteiger partial charge in [-0.3, -0.25) is 4.79 Å². The zero-order chi connectivity index (χ0) is 18.5.